The molecule has 0 amide bonds. The van der Waals surface area contributed by atoms with Crippen LogP contribution in [-0.4, -0.2) is 23.3 Å². The number of hydrogen-bond acceptors (Lipinski definition) is 2. The van der Waals surface area contributed by atoms with Crippen molar-refractivity contribution in [2.45, 2.75) is 5.92 Å². The molecule has 2 rings (SSSR count). The Balaban J connectivity index is 0.000000500. The van der Waals surface area contributed by atoms with Crippen molar-refractivity contribution in [3.05, 3.63) is 18.0 Å². The van der Waals surface area contributed by atoms with E-state index in [9.17, 15) is 0 Å². The number of nitrogens with zero attached hydrogens (tertiary/aromatic N) is 1. The van der Waals surface area contributed by atoms with E-state index in [1.54, 1.807) is 0 Å². The van der Waals surface area contributed by atoms with Gasteiger partial charge in [-0.15, -0.1) is 24.8 Å². The summed E-state index contributed by atoms with van der Waals surface area (Å²) in [6.45, 7) is 2.22. The second kappa shape index (κ2) is 4.59. The third-order valence-electron chi connectivity index (χ3n) is 1.77. The third kappa shape index (κ3) is 2.09. The summed E-state index contributed by atoms with van der Waals surface area (Å²) < 4.78 is 0. The summed E-state index contributed by atoms with van der Waals surface area (Å²) in [4.78, 5) is 0. The first-order valence-corrected chi connectivity index (χ1v) is 3.16. The molecule has 0 aromatic carbocycles. The van der Waals surface area contributed by atoms with E-state index in [-0.39, 0.29) is 24.8 Å². The summed E-state index contributed by atoms with van der Waals surface area (Å²) in [5, 5.41) is 9.88. The Morgan fingerprint density at radius 1 is 1.36 bits per heavy atom. The van der Waals surface area contributed by atoms with Gasteiger partial charge in [-0.2, -0.15) is 5.10 Å². The van der Waals surface area contributed by atoms with Crippen LogP contribution in [-0.2, 0) is 0 Å². The van der Waals surface area contributed by atoms with Crippen LogP contribution in [0.2, 0.25) is 0 Å². The Morgan fingerprint density at radius 2 is 2.09 bits per heavy atom. The van der Waals surface area contributed by atoms with E-state index in [0.29, 0.717) is 5.92 Å². The first-order chi connectivity index (χ1) is 4.47. The minimum atomic E-state index is 0. The van der Waals surface area contributed by atoms with Crippen LogP contribution in [0.4, 0.5) is 0 Å². The van der Waals surface area contributed by atoms with Crippen LogP contribution >= 0.6 is 24.8 Å². The molecule has 1 fully saturated rings. The van der Waals surface area contributed by atoms with Crippen molar-refractivity contribution in [2.75, 3.05) is 13.1 Å². The first-order valence-electron chi connectivity index (χ1n) is 3.16. The van der Waals surface area contributed by atoms with Crippen LogP contribution in [0.5, 0.6) is 0 Å². The third-order valence-corrected chi connectivity index (χ3v) is 1.77. The molecule has 64 valence electrons. The van der Waals surface area contributed by atoms with Gasteiger partial charge in [-0.3, -0.25) is 5.10 Å². The minimum Gasteiger partial charge on any atom is -0.315 e. The van der Waals surface area contributed by atoms with E-state index in [2.05, 4.69) is 15.5 Å². The fraction of sp³-hybridized carbons (Fsp3) is 0.500. The van der Waals surface area contributed by atoms with Crippen LogP contribution < -0.4 is 5.32 Å². The molecule has 0 aliphatic carbocycles. The van der Waals surface area contributed by atoms with Gasteiger partial charge >= 0.3 is 0 Å². The zero-order valence-electron chi connectivity index (χ0n) is 5.91. The minimum absolute atomic E-state index is 0. The van der Waals surface area contributed by atoms with Gasteiger partial charge in [0.25, 0.3) is 0 Å². The number of halogens is 2. The normalized spacial score (nSPS) is 16.0. The first kappa shape index (κ1) is 10.8. The molecule has 2 N–H and O–H groups in total. The zero-order chi connectivity index (χ0) is 6.10. The summed E-state index contributed by atoms with van der Waals surface area (Å²) in [7, 11) is 0. The summed E-state index contributed by atoms with van der Waals surface area (Å²) >= 11 is 0. The number of aromatic nitrogens is 2. The predicted octanol–water partition coefficient (Wildman–Crippen LogP) is 0.940. The summed E-state index contributed by atoms with van der Waals surface area (Å²) in [6, 6.07) is 0. The lowest BCUT2D eigenvalue weighted by atomic mass is 9.97. The van der Waals surface area contributed by atoms with E-state index in [4.69, 9.17) is 0 Å². The molecule has 0 atom stereocenters. The number of rotatable bonds is 1. The monoisotopic (exact) mass is 195 g/mol. The lowest BCUT2D eigenvalue weighted by Gasteiger charge is -2.25. The van der Waals surface area contributed by atoms with Crippen molar-refractivity contribution in [3.8, 4) is 0 Å². The van der Waals surface area contributed by atoms with Crippen molar-refractivity contribution < 1.29 is 0 Å². The zero-order valence-corrected chi connectivity index (χ0v) is 7.54. The molecule has 2 heterocycles. The summed E-state index contributed by atoms with van der Waals surface area (Å²) in [5.74, 6) is 0.712. The van der Waals surface area contributed by atoms with Gasteiger partial charge in [0.1, 0.15) is 0 Å². The Bertz CT molecular complexity index is 184. The Labute approximate surface area is 77.8 Å². The van der Waals surface area contributed by atoms with Crippen molar-refractivity contribution in [3.63, 3.8) is 0 Å². The number of H-pyrrole nitrogens is 1. The van der Waals surface area contributed by atoms with Crippen LogP contribution in [0.25, 0.3) is 0 Å². The van der Waals surface area contributed by atoms with Gasteiger partial charge in [0.15, 0.2) is 0 Å². The maximum atomic E-state index is 3.87. The lowest BCUT2D eigenvalue weighted by molar-refractivity contribution is 0.448. The molecule has 5 heteroatoms. The van der Waals surface area contributed by atoms with Crippen LogP contribution in [0.1, 0.15) is 11.5 Å². The maximum Gasteiger partial charge on any atom is 0.0523 e. The molecule has 0 saturated carbocycles. The Kier molecular flexibility index (Phi) is 4.49. The molecular weight excluding hydrogens is 185 g/mol. The number of aromatic amines is 1. The average Bonchev–Trinajstić information content (AvgIpc) is 2.11. The van der Waals surface area contributed by atoms with Crippen molar-refractivity contribution in [1.82, 2.24) is 15.5 Å². The number of nitrogens with one attached hydrogen (secondary N) is 2. The summed E-state index contributed by atoms with van der Waals surface area (Å²) in [5.41, 5.74) is 1.33. The van der Waals surface area contributed by atoms with E-state index in [1.807, 2.05) is 12.4 Å². The molecule has 11 heavy (non-hydrogen) atoms. The van der Waals surface area contributed by atoms with Gasteiger partial charge < -0.3 is 5.32 Å². The number of hydrogen-bond donors (Lipinski definition) is 2. The Hall–Kier alpha value is -0.250. The fourth-order valence-electron chi connectivity index (χ4n) is 1.01. The van der Waals surface area contributed by atoms with Gasteiger partial charge in [-0.1, -0.05) is 0 Å². The van der Waals surface area contributed by atoms with Crippen LogP contribution in [0.15, 0.2) is 12.4 Å². The molecule has 3 nitrogen and oxygen atoms in total. The smallest absolute Gasteiger partial charge is 0.0523 e. The molecule has 1 saturated heterocycles. The maximum absolute atomic E-state index is 3.87. The van der Waals surface area contributed by atoms with E-state index >= 15 is 0 Å². The highest BCUT2D eigenvalue weighted by atomic mass is 35.5. The van der Waals surface area contributed by atoms with Gasteiger partial charge in [0, 0.05) is 25.2 Å². The molecular formula is C6H11Cl2N3. The molecule has 1 aliphatic heterocycles. The molecule has 0 unspecified atom stereocenters. The van der Waals surface area contributed by atoms with Crippen molar-refractivity contribution in [2.24, 2.45) is 0 Å². The average molecular weight is 196 g/mol. The van der Waals surface area contributed by atoms with Gasteiger partial charge in [0.2, 0.25) is 0 Å². The topological polar surface area (TPSA) is 40.7 Å². The Morgan fingerprint density at radius 3 is 2.45 bits per heavy atom. The molecule has 1 aromatic rings. The fourth-order valence-corrected chi connectivity index (χ4v) is 1.01. The molecule has 0 radical (unpaired) electrons. The quantitative estimate of drug-likeness (QED) is 0.701. The van der Waals surface area contributed by atoms with Gasteiger partial charge in [-0.05, 0) is 5.56 Å². The second-order valence-corrected chi connectivity index (χ2v) is 2.39. The largest absolute Gasteiger partial charge is 0.315 e. The van der Waals surface area contributed by atoms with Crippen LogP contribution in [0.3, 0.4) is 0 Å². The van der Waals surface area contributed by atoms with Crippen LogP contribution in [0, 0.1) is 0 Å². The standard InChI is InChI=1S/C6H9N3.2ClH/c1-5(2-7-1)6-3-8-9-4-6;;/h3-5,7H,1-2H2,(H,8,9);2*1H. The predicted molar refractivity (Wildman–Crippen MR) is 48.7 cm³/mol. The molecule has 0 spiro atoms. The van der Waals surface area contributed by atoms with E-state index < -0.39 is 0 Å². The van der Waals surface area contributed by atoms with E-state index in [1.165, 1.54) is 5.56 Å². The van der Waals surface area contributed by atoms with Gasteiger partial charge in [-0.25, -0.2) is 0 Å². The molecule has 0 bridgehead atoms. The summed E-state index contributed by atoms with van der Waals surface area (Å²) in [6.07, 6.45) is 3.86. The second-order valence-electron chi connectivity index (χ2n) is 2.39. The molecule has 1 aromatic heterocycles. The van der Waals surface area contributed by atoms with Crippen molar-refractivity contribution >= 4 is 24.8 Å². The molecule has 1 aliphatic rings. The SMILES string of the molecule is Cl.Cl.c1n[nH]cc1C1CNC1. The highest BCUT2D eigenvalue weighted by molar-refractivity contribution is 5.85. The lowest BCUT2D eigenvalue weighted by Crippen LogP contribution is -2.39. The highest BCUT2D eigenvalue weighted by Crippen LogP contribution is 2.16. The van der Waals surface area contributed by atoms with E-state index in [0.717, 1.165) is 13.1 Å². The highest BCUT2D eigenvalue weighted by Gasteiger charge is 2.18. The van der Waals surface area contributed by atoms with Gasteiger partial charge in [0.05, 0.1) is 6.20 Å². The van der Waals surface area contributed by atoms with Crippen molar-refractivity contribution in [1.29, 1.82) is 0 Å².